The molecule has 1 aromatic heterocycles. The van der Waals surface area contributed by atoms with Crippen molar-refractivity contribution in [1.82, 2.24) is 14.8 Å². The fourth-order valence-corrected chi connectivity index (χ4v) is 3.56. The first-order chi connectivity index (χ1) is 12.4. The number of hydrogen-bond acceptors (Lipinski definition) is 5. The Morgan fingerprint density at radius 1 is 1.31 bits per heavy atom. The Morgan fingerprint density at radius 2 is 2.04 bits per heavy atom. The van der Waals surface area contributed by atoms with Gasteiger partial charge in [0.15, 0.2) is 5.16 Å². The van der Waals surface area contributed by atoms with Crippen molar-refractivity contribution < 1.29 is 9.59 Å². The molecule has 7 nitrogen and oxygen atoms in total. The first-order valence-corrected chi connectivity index (χ1v) is 10.3. The summed E-state index contributed by atoms with van der Waals surface area (Å²) in [5.41, 5.74) is 6.02. The minimum atomic E-state index is -0.366. The number of para-hydroxylation sites is 1. The van der Waals surface area contributed by atoms with Crippen LogP contribution < -0.4 is 11.1 Å². The SMILES string of the molecule is CC(C)Cn1c(CCC(N)=O)nnc1SCC(=O)Nc1ccccc1I. The van der Waals surface area contributed by atoms with Gasteiger partial charge >= 0.3 is 0 Å². The first kappa shape index (κ1) is 20.7. The minimum absolute atomic E-state index is 0.100. The summed E-state index contributed by atoms with van der Waals surface area (Å²) in [6.45, 7) is 4.91. The molecule has 0 aliphatic heterocycles. The van der Waals surface area contributed by atoms with Crippen LogP contribution in [0.5, 0.6) is 0 Å². The molecule has 3 N–H and O–H groups in total. The average Bonchev–Trinajstić information content (AvgIpc) is 2.94. The van der Waals surface area contributed by atoms with Crippen LogP contribution in [0.1, 0.15) is 26.1 Å². The normalized spacial score (nSPS) is 10.9. The number of benzene rings is 1. The molecule has 26 heavy (non-hydrogen) atoms. The van der Waals surface area contributed by atoms with E-state index in [0.29, 0.717) is 17.5 Å². The Hall–Kier alpha value is -1.62. The van der Waals surface area contributed by atoms with Gasteiger partial charge in [0.25, 0.3) is 0 Å². The second kappa shape index (κ2) is 9.91. The minimum Gasteiger partial charge on any atom is -0.370 e. The number of thioether (sulfide) groups is 1. The van der Waals surface area contributed by atoms with Gasteiger partial charge < -0.3 is 15.6 Å². The van der Waals surface area contributed by atoms with Crippen molar-refractivity contribution in [3.8, 4) is 0 Å². The molecule has 0 radical (unpaired) electrons. The van der Waals surface area contributed by atoms with Crippen LogP contribution in [-0.4, -0.2) is 32.3 Å². The van der Waals surface area contributed by atoms with Crippen molar-refractivity contribution in [2.24, 2.45) is 11.7 Å². The van der Waals surface area contributed by atoms with E-state index in [0.717, 1.165) is 21.6 Å². The van der Waals surface area contributed by atoms with Gasteiger partial charge in [-0.05, 0) is 40.6 Å². The molecular weight excluding hydrogens is 465 g/mol. The zero-order valence-electron chi connectivity index (χ0n) is 14.7. The van der Waals surface area contributed by atoms with Crippen molar-refractivity contribution in [2.45, 2.75) is 38.4 Å². The zero-order valence-corrected chi connectivity index (χ0v) is 17.7. The number of nitrogens with two attached hydrogens (primary N) is 1. The maximum Gasteiger partial charge on any atom is 0.234 e. The number of anilines is 1. The summed E-state index contributed by atoms with van der Waals surface area (Å²) in [6.07, 6.45) is 0.678. The van der Waals surface area contributed by atoms with Crippen LogP contribution in [0.15, 0.2) is 29.4 Å². The Balaban J connectivity index is 2.02. The third kappa shape index (κ3) is 6.27. The number of nitrogens with one attached hydrogen (secondary N) is 1. The molecule has 9 heteroatoms. The average molecular weight is 487 g/mol. The lowest BCUT2D eigenvalue weighted by Gasteiger charge is -2.12. The van der Waals surface area contributed by atoms with Crippen molar-refractivity contribution in [2.75, 3.05) is 11.1 Å². The summed E-state index contributed by atoms with van der Waals surface area (Å²) >= 11 is 3.52. The number of aryl methyl sites for hydroxylation is 1. The van der Waals surface area contributed by atoms with Crippen LogP contribution in [0.2, 0.25) is 0 Å². The second-order valence-corrected chi connectivity index (χ2v) is 8.29. The molecule has 1 aromatic carbocycles. The smallest absolute Gasteiger partial charge is 0.234 e. The Morgan fingerprint density at radius 3 is 2.69 bits per heavy atom. The molecule has 2 amide bonds. The summed E-state index contributed by atoms with van der Waals surface area (Å²) in [7, 11) is 0. The van der Waals surface area contributed by atoms with E-state index in [-0.39, 0.29) is 24.0 Å². The standard InChI is InChI=1S/C17H22IN5O2S/c1-11(2)9-23-15(8-7-14(19)24)21-22-17(23)26-10-16(25)20-13-6-4-3-5-12(13)18/h3-6,11H,7-10H2,1-2H3,(H2,19,24)(H,20,25). The molecule has 140 valence electrons. The lowest BCUT2D eigenvalue weighted by Crippen LogP contribution is -2.17. The largest absolute Gasteiger partial charge is 0.370 e. The highest BCUT2D eigenvalue weighted by Crippen LogP contribution is 2.21. The van der Waals surface area contributed by atoms with Gasteiger partial charge in [-0.25, -0.2) is 0 Å². The molecule has 0 saturated heterocycles. The number of rotatable bonds is 9. The van der Waals surface area contributed by atoms with Crippen molar-refractivity contribution >= 4 is 51.9 Å². The molecule has 0 aliphatic carbocycles. The molecule has 0 fully saturated rings. The highest BCUT2D eigenvalue weighted by Gasteiger charge is 2.16. The van der Waals surface area contributed by atoms with E-state index in [2.05, 4.69) is 52.0 Å². The van der Waals surface area contributed by atoms with Crippen LogP contribution in [-0.2, 0) is 22.6 Å². The predicted molar refractivity (Wildman–Crippen MR) is 111 cm³/mol. The van der Waals surface area contributed by atoms with E-state index in [1.165, 1.54) is 11.8 Å². The monoisotopic (exact) mass is 487 g/mol. The van der Waals surface area contributed by atoms with Crippen LogP contribution in [0, 0.1) is 9.49 Å². The molecule has 1 heterocycles. The molecule has 0 bridgehead atoms. The Labute approximate surface area is 170 Å². The number of carbonyl (C=O) groups is 2. The topological polar surface area (TPSA) is 103 Å². The van der Waals surface area contributed by atoms with Crippen molar-refractivity contribution in [3.05, 3.63) is 33.7 Å². The number of primary amides is 1. The van der Waals surface area contributed by atoms with Crippen LogP contribution >= 0.6 is 34.4 Å². The summed E-state index contributed by atoms with van der Waals surface area (Å²) in [5, 5.41) is 11.9. The van der Waals surface area contributed by atoms with E-state index in [9.17, 15) is 9.59 Å². The number of amides is 2. The highest BCUT2D eigenvalue weighted by molar-refractivity contribution is 14.1. The van der Waals surface area contributed by atoms with Gasteiger partial charge in [-0.3, -0.25) is 9.59 Å². The molecule has 2 rings (SSSR count). The van der Waals surface area contributed by atoms with Gasteiger partial charge in [0.1, 0.15) is 5.82 Å². The fourth-order valence-electron chi connectivity index (χ4n) is 2.27. The second-order valence-electron chi connectivity index (χ2n) is 6.19. The van der Waals surface area contributed by atoms with Crippen LogP contribution in [0.25, 0.3) is 0 Å². The highest BCUT2D eigenvalue weighted by atomic mass is 127. The zero-order chi connectivity index (χ0) is 19.1. The Bertz CT molecular complexity index is 778. The molecule has 0 unspecified atom stereocenters. The maximum atomic E-state index is 12.2. The number of carbonyl (C=O) groups excluding carboxylic acids is 2. The fraction of sp³-hybridized carbons (Fsp3) is 0.412. The lowest BCUT2D eigenvalue weighted by atomic mass is 10.2. The summed E-state index contributed by atoms with van der Waals surface area (Å²) in [6, 6.07) is 7.62. The molecular formula is C17H22IN5O2S. The van der Waals surface area contributed by atoms with Gasteiger partial charge in [-0.2, -0.15) is 0 Å². The van der Waals surface area contributed by atoms with Gasteiger partial charge in [0.2, 0.25) is 11.8 Å². The van der Waals surface area contributed by atoms with Crippen molar-refractivity contribution in [3.63, 3.8) is 0 Å². The van der Waals surface area contributed by atoms with Crippen LogP contribution in [0.3, 0.4) is 0 Å². The quantitative estimate of drug-likeness (QED) is 0.418. The summed E-state index contributed by atoms with van der Waals surface area (Å²) < 4.78 is 2.96. The van der Waals surface area contributed by atoms with E-state index in [1.54, 1.807) is 0 Å². The third-order valence-corrected chi connectivity index (χ3v) is 5.32. The molecule has 0 saturated carbocycles. The lowest BCUT2D eigenvalue weighted by molar-refractivity contribution is -0.118. The predicted octanol–water partition coefficient (Wildman–Crippen LogP) is 2.69. The number of halogens is 1. The summed E-state index contributed by atoms with van der Waals surface area (Å²) in [5.74, 6) is 0.874. The number of hydrogen-bond donors (Lipinski definition) is 2. The van der Waals surface area contributed by atoms with Gasteiger partial charge in [-0.15, -0.1) is 10.2 Å². The molecule has 0 spiro atoms. The maximum absolute atomic E-state index is 12.2. The van der Waals surface area contributed by atoms with Crippen molar-refractivity contribution in [1.29, 1.82) is 0 Å². The van der Waals surface area contributed by atoms with E-state index in [4.69, 9.17) is 5.73 Å². The van der Waals surface area contributed by atoms with E-state index in [1.807, 2.05) is 28.8 Å². The first-order valence-electron chi connectivity index (χ1n) is 8.24. The van der Waals surface area contributed by atoms with Gasteiger partial charge in [0, 0.05) is 23.0 Å². The molecule has 2 aromatic rings. The number of aromatic nitrogens is 3. The molecule has 0 aliphatic rings. The van der Waals surface area contributed by atoms with Gasteiger partial charge in [0.05, 0.1) is 11.4 Å². The summed E-state index contributed by atoms with van der Waals surface area (Å²) in [4.78, 5) is 23.3. The Kier molecular flexibility index (Phi) is 7.88. The number of nitrogens with zero attached hydrogens (tertiary/aromatic N) is 3. The van der Waals surface area contributed by atoms with E-state index >= 15 is 0 Å². The van der Waals surface area contributed by atoms with E-state index < -0.39 is 0 Å². The third-order valence-electron chi connectivity index (χ3n) is 3.42. The van der Waals surface area contributed by atoms with Crippen LogP contribution in [0.4, 0.5) is 5.69 Å². The molecule has 0 atom stereocenters. The van der Waals surface area contributed by atoms with Gasteiger partial charge in [-0.1, -0.05) is 37.7 Å².